The van der Waals surface area contributed by atoms with Crippen molar-refractivity contribution in [3.8, 4) is 0 Å². The molecule has 2 rings (SSSR count). The topological polar surface area (TPSA) is 118 Å². The van der Waals surface area contributed by atoms with E-state index in [1.165, 1.54) is 24.3 Å². The van der Waals surface area contributed by atoms with E-state index in [9.17, 15) is 28.0 Å². The van der Waals surface area contributed by atoms with Crippen LogP contribution in [-0.4, -0.2) is 34.1 Å². The molecule has 0 aliphatic carbocycles. The van der Waals surface area contributed by atoms with Crippen LogP contribution in [0, 0.1) is 11.6 Å². The van der Waals surface area contributed by atoms with Crippen LogP contribution in [0.4, 0.5) is 8.78 Å². The molecule has 0 saturated heterocycles. The summed E-state index contributed by atoms with van der Waals surface area (Å²) in [7, 11) is 0. The Balaban J connectivity index is 2.04. The average molecular weight is 434 g/mol. The van der Waals surface area contributed by atoms with Crippen molar-refractivity contribution in [3.05, 3.63) is 71.3 Å². The van der Waals surface area contributed by atoms with Gasteiger partial charge in [-0.15, -0.1) is 0 Å². The summed E-state index contributed by atoms with van der Waals surface area (Å²) in [4.78, 5) is 46.6. The molecule has 0 aliphatic heterocycles. The number of carboxylic acid groups (broad SMARTS) is 2. The van der Waals surface area contributed by atoms with E-state index in [1.54, 1.807) is 0 Å². The molecule has 0 spiro atoms. The normalized spacial score (nSPS) is 12.6. The zero-order chi connectivity index (χ0) is 23.0. The molecule has 164 valence electrons. The summed E-state index contributed by atoms with van der Waals surface area (Å²) in [5.41, 5.74) is 0.784. The Kier molecular flexibility index (Phi) is 8.36. The van der Waals surface area contributed by atoms with Crippen LogP contribution in [0.2, 0.25) is 0 Å². The second-order valence-electron chi connectivity index (χ2n) is 6.95. The van der Waals surface area contributed by atoms with E-state index in [4.69, 9.17) is 14.9 Å². The molecule has 0 bridgehead atoms. The maximum absolute atomic E-state index is 13.1. The maximum Gasteiger partial charge on any atom is 0.314 e. The number of benzene rings is 2. The minimum absolute atomic E-state index is 0.392. The molecule has 0 heterocycles. The number of ether oxygens (including phenoxy) is 1. The summed E-state index contributed by atoms with van der Waals surface area (Å²) in [6, 6.07) is 9.87. The molecule has 2 aromatic carbocycles. The monoisotopic (exact) mass is 434 g/mol. The highest BCUT2D eigenvalue weighted by molar-refractivity contribution is 5.87. The number of esters is 2. The molecule has 9 heteroatoms. The quantitative estimate of drug-likeness (QED) is 0.433. The van der Waals surface area contributed by atoms with Crippen LogP contribution in [0.15, 0.2) is 48.5 Å². The molecule has 2 N–H and O–H groups in total. The number of hydrogen-bond acceptors (Lipinski definition) is 5. The second kappa shape index (κ2) is 11.0. The Morgan fingerprint density at radius 1 is 0.645 bits per heavy atom. The van der Waals surface area contributed by atoms with Crippen LogP contribution >= 0.6 is 0 Å². The lowest BCUT2D eigenvalue weighted by molar-refractivity contribution is -0.160. The van der Waals surface area contributed by atoms with Crippen molar-refractivity contribution in [3.63, 3.8) is 0 Å². The molecular weight excluding hydrogens is 414 g/mol. The molecule has 31 heavy (non-hydrogen) atoms. The summed E-state index contributed by atoms with van der Waals surface area (Å²) < 4.78 is 31.0. The van der Waals surface area contributed by atoms with Gasteiger partial charge in [-0.05, 0) is 35.4 Å². The van der Waals surface area contributed by atoms with Gasteiger partial charge in [0.2, 0.25) is 0 Å². The molecule has 2 aromatic rings. The van der Waals surface area contributed by atoms with Crippen molar-refractivity contribution in [1.29, 1.82) is 0 Å². The van der Waals surface area contributed by atoms with Crippen LogP contribution in [0.5, 0.6) is 0 Å². The smallest absolute Gasteiger partial charge is 0.314 e. The van der Waals surface area contributed by atoms with E-state index in [0.717, 1.165) is 24.3 Å². The van der Waals surface area contributed by atoms with E-state index < -0.39 is 73.0 Å². The lowest BCUT2D eigenvalue weighted by Crippen LogP contribution is -2.19. The minimum atomic E-state index is -1.19. The van der Waals surface area contributed by atoms with Gasteiger partial charge in [0.1, 0.15) is 11.6 Å². The Morgan fingerprint density at radius 2 is 0.968 bits per heavy atom. The first-order chi connectivity index (χ1) is 14.6. The van der Waals surface area contributed by atoms with Gasteiger partial charge in [-0.2, -0.15) is 0 Å². The summed E-state index contributed by atoms with van der Waals surface area (Å²) in [5.74, 6) is -7.10. The van der Waals surface area contributed by atoms with Gasteiger partial charge >= 0.3 is 23.9 Å². The van der Waals surface area contributed by atoms with E-state index in [0.29, 0.717) is 11.1 Å². The second-order valence-corrected chi connectivity index (χ2v) is 6.95. The van der Waals surface area contributed by atoms with E-state index in [2.05, 4.69) is 0 Å². The zero-order valence-electron chi connectivity index (χ0n) is 16.3. The van der Waals surface area contributed by atoms with Crippen LogP contribution in [-0.2, 0) is 23.9 Å². The van der Waals surface area contributed by atoms with Crippen LogP contribution in [0.25, 0.3) is 0 Å². The van der Waals surface area contributed by atoms with Crippen LogP contribution in [0.3, 0.4) is 0 Å². The van der Waals surface area contributed by atoms with Gasteiger partial charge in [-0.3, -0.25) is 19.2 Å². The predicted octanol–water partition coefficient (Wildman–Crippen LogP) is 3.63. The average Bonchev–Trinajstić information content (AvgIpc) is 2.67. The van der Waals surface area contributed by atoms with Gasteiger partial charge in [0.25, 0.3) is 0 Å². The summed E-state index contributed by atoms with van der Waals surface area (Å²) in [6.45, 7) is 0. The van der Waals surface area contributed by atoms with Crippen molar-refractivity contribution >= 4 is 23.9 Å². The first-order valence-corrected chi connectivity index (χ1v) is 9.32. The molecule has 0 aromatic heterocycles. The van der Waals surface area contributed by atoms with Gasteiger partial charge in [-0.1, -0.05) is 24.3 Å². The van der Waals surface area contributed by atoms with Crippen LogP contribution in [0.1, 0.15) is 48.6 Å². The fourth-order valence-corrected chi connectivity index (χ4v) is 3.12. The summed E-state index contributed by atoms with van der Waals surface area (Å²) in [5, 5.41) is 18.1. The Morgan fingerprint density at radius 3 is 1.26 bits per heavy atom. The van der Waals surface area contributed by atoms with Crippen molar-refractivity contribution in [2.45, 2.75) is 37.5 Å². The van der Waals surface area contributed by atoms with Gasteiger partial charge in [0.05, 0.1) is 25.7 Å². The van der Waals surface area contributed by atoms with Crippen molar-refractivity contribution < 1.29 is 42.9 Å². The van der Waals surface area contributed by atoms with Gasteiger partial charge in [-0.25, -0.2) is 8.78 Å². The highest BCUT2D eigenvalue weighted by Crippen LogP contribution is 2.27. The largest absolute Gasteiger partial charge is 0.481 e. The van der Waals surface area contributed by atoms with Crippen molar-refractivity contribution in [2.75, 3.05) is 0 Å². The molecule has 0 radical (unpaired) electrons. The lowest BCUT2D eigenvalue weighted by atomic mass is 9.92. The maximum atomic E-state index is 13.1. The standard InChI is InChI=1S/C22H20F2O7/c23-17-5-1-13(2-6-17)15(9-19(25)26)11-21(29)31-22(30)12-16(10-20(27)28)14-3-7-18(24)8-4-14/h1-8,15-16H,9-12H2,(H,25,26)(H,27,28). The van der Waals surface area contributed by atoms with Crippen LogP contribution < -0.4 is 0 Å². The Bertz CT molecular complexity index is 862. The third-order valence-corrected chi connectivity index (χ3v) is 4.58. The zero-order valence-corrected chi connectivity index (χ0v) is 16.3. The lowest BCUT2D eigenvalue weighted by Gasteiger charge is -2.16. The number of carboxylic acids is 2. The highest BCUT2D eigenvalue weighted by atomic mass is 19.1. The third-order valence-electron chi connectivity index (χ3n) is 4.58. The molecule has 2 unspecified atom stereocenters. The first-order valence-electron chi connectivity index (χ1n) is 9.32. The molecule has 0 fully saturated rings. The fraction of sp³-hybridized carbons (Fsp3) is 0.273. The summed E-state index contributed by atoms with van der Waals surface area (Å²) in [6.07, 6.45) is -1.76. The van der Waals surface area contributed by atoms with Gasteiger partial charge < -0.3 is 14.9 Å². The number of rotatable bonds is 10. The summed E-state index contributed by atoms with van der Waals surface area (Å²) >= 11 is 0. The van der Waals surface area contributed by atoms with Crippen molar-refractivity contribution in [1.82, 2.24) is 0 Å². The molecule has 7 nitrogen and oxygen atoms in total. The number of aliphatic carboxylic acids is 2. The number of carbonyl (C=O) groups is 4. The Labute approximate surface area is 176 Å². The van der Waals surface area contributed by atoms with E-state index in [1.807, 2.05) is 0 Å². The number of hydrogen-bond donors (Lipinski definition) is 2. The SMILES string of the molecule is O=C(O)CC(CC(=O)OC(=O)CC(CC(=O)O)c1ccc(F)cc1)c1ccc(F)cc1. The molecule has 0 aliphatic rings. The Hall–Kier alpha value is -3.62. The first kappa shape index (κ1) is 23.7. The fourth-order valence-electron chi connectivity index (χ4n) is 3.12. The number of carbonyl (C=O) groups excluding carboxylic acids is 2. The van der Waals surface area contributed by atoms with E-state index >= 15 is 0 Å². The third kappa shape index (κ3) is 7.96. The minimum Gasteiger partial charge on any atom is -0.481 e. The molecule has 2 atom stereocenters. The van der Waals surface area contributed by atoms with E-state index in [-0.39, 0.29) is 0 Å². The molecule has 0 amide bonds. The predicted molar refractivity (Wildman–Crippen MR) is 103 cm³/mol. The number of halogens is 2. The van der Waals surface area contributed by atoms with Gasteiger partial charge in [0, 0.05) is 11.8 Å². The van der Waals surface area contributed by atoms with Crippen molar-refractivity contribution in [2.24, 2.45) is 0 Å². The highest BCUT2D eigenvalue weighted by Gasteiger charge is 2.25. The molecular formula is C22H20F2O7. The molecule has 0 saturated carbocycles. The van der Waals surface area contributed by atoms with Gasteiger partial charge in [0.15, 0.2) is 0 Å².